The Hall–Kier alpha value is -3.75. The quantitative estimate of drug-likeness (QED) is 0.0893. The maximum absolute atomic E-state index is 10.4. The van der Waals surface area contributed by atoms with Crippen LogP contribution >= 0.6 is 0 Å². The first-order valence-electron chi connectivity index (χ1n) is 14.7. The van der Waals surface area contributed by atoms with Crippen LogP contribution in [0.5, 0.6) is 11.5 Å². The number of carbonyl (C=O) groups excluding carboxylic acids is 1. The third-order valence-corrected chi connectivity index (χ3v) is 6.73. The summed E-state index contributed by atoms with van der Waals surface area (Å²) in [5.41, 5.74) is 3.23. The van der Waals surface area contributed by atoms with Crippen LogP contribution in [0.15, 0.2) is 58.9 Å². The van der Waals surface area contributed by atoms with Gasteiger partial charge in [0.15, 0.2) is 0 Å². The number of phenols is 1. The lowest BCUT2D eigenvalue weighted by molar-refractivity contribution is -0.129. The maximum Gasteiger partial charge on any atom is 0.293 e. The molecule has 3 aromatic rings. The second-order valence-corrected chi connectivity index (χ2v) is 11.6. The SMILES string of the molecule is CC(C)(C)CCCCc1cn(CCCCCCCCOc2ccc(N=Nc3ccc(O)c(COC=O)c3)cc2)nn1. The van der Waals surface area contributed by atoms with Crippen molar-refractivity contribution >= 4 is 17.8 Å². The summed E-state index contributed by atoms with van der Waals surface area (Å²) in [4.78, 5) is 10.4. The third kappa shape index (κ3) is 13.0. The Balaban J connectivity index is 1.22. The molecule has 0 amide bonds. The van der Waals surface area contributed by atoms with E-state index in [-0.39, 0.29) is 12.4 Å². The van der Waals surface area contributed by atoms with E-state index < -0.39 is 0 Å². The van der Waals surface area contributed by atoms with E-state index in [4.69, 9.17) is 9.47 Å². The van der Waals surface area contributed by atoms with Gasteiger partial charge in [-0.1, -0.05) is 58.1 Å². The van der Waals surface area contributed by atoms with Gasteiger partial charge >= 0.3 is 0 Å². The number of phenolic OH excluding ortho intramolecular Hbond substituents is 1. The van der Waals surface area contributed by atoms with E-state index in [2.05, 4.69) is 47.5 Å². The number of azo groups is 1. The highest BCUT2D eigenvalue weighted by Crippen LogP contribution is 2.26. The van der Waals surface area contributed by atoms with Crippen LogP contribution < -0.4 is 4.74 Å². The van der Waals surface area contributed by atoms with Crippen LogP contribution in [0.3, 0.4) is 0 Å². The van der Waals surface area contributed by atoms with Crippen molar-refractivity contribution in [2.75, 3.05) is 6.61 Å². The summed E-state index contributed by atoms with van der Waals surface area (Å²) >= 11 is 0. The smallest absolute Gasteiger partial charge is 0.293 e. The fourth-order valence-corrected chi connectivity index (χ4v) is 4.39. The minimum atomic E-state index is -0.0200. The number of aromatic hydroxyl groups is 1. The van der Waals surface area contributed by atoms with Gasteiger partial charge in [0, 0.05) is 18.3 Å². The van der Waals surface area contributed by atoms with Crippen molar-refractivity contribution in [3.8, 4) is 11.5 Å². The number of benzene rings is 2. The van der Waals surface area contributed by atoms with E-state index >= 15 is 0 Å². The van der Waals surface area contributed by atoms with Gasteiger partial charge in [0.2, 0.25) is 0 Å². The first-order valence-corrected chi connectivity index (χ1v) is 14.7. The second-order valence-electron chi connectivity index (χ2n) is 11.6. The van der Waals surface area contributed by atoms with Crippen molar-refractivity contribution in [2.24, 2.45) is 15.6 Å². The van der Waals surface area contributed by atoms with Crippen LogP contribution in [0.1, 0.15) is 89.8 Å². The molecular formula is C32H45N5O4. The molecule has 41 heavy (non-hydrogen) atoms. The van der Waals surface area contributed by atoms with Crippen LogP contribution in [-0.2, 0) is 29.1 Å². The number of hydrogen-bond donors (Lipinski definition) is 1. The van der Waals surface area contributed by atoms with Crippen LogP contribution in [0, 0.1) is 5.41 Å². The van der Waals surface area contributed by atoms with Crippen molar-refractivity contribution < 1.29 is 19.4 Å². The molecule has 3 rings (SSSR count). The summed E-state index contributed by atoms with van der Waals surface area (Å²) in [5.74, 6) is 0.852. The molecule has 0 saturated carbocycles. The molecule has 0 saturated heterocycles. The van der Waals surface area contributed by atoms with Gasteiger partial charge in [-0.25, -0.2) is 0 Å². The third-order valence-electron chi connectivity index (χ3n) is 6.73. The van der Waals surface area contributed by atoms with E-state index in [0.717, 1.165) is 43.7 Å². The molecule has 0 aliphatic carbocycles. The van der Waals surface area contributed by atoms with E-state index in [9.17, 15) is 9.90 Å². The van der Waals surface area contributed by atoms with E-state index in [1.54, 1.807) is 12.1 Å². The second kappa shape index (κ2) is 17.1. The van der Waals surface area contributed by atoms with Crippen LogP contribution in [0.25, 0.3) is 0 Å². The Kier molecular flexibility index (Phi) is 13.3. The fraction of sp³-hybridized carbons (Fsp3) is 0.531. The molecule has 0 atom stereocenters. The van der Waals surface area contributed by atoms with Crippen LogP contribution in [-0.4, -0.2) is 33.2 Å². The Morgan fingerprint density at radius 2 is 1.61 bits per heavy atom. The number of carbonyl (C=O) groups is 1. The zero-order chi connectivity index (χ0) is 29.3. The Morgan fingerprint density at radius 3 is 2.37 bits per heavy atom. The van der Waals surface area contributed by atoms with Crippen molar-refractivity contribution in [1.29, 1.82) is 0 Å². The lowest BCUT2D eigenvalue weighted by Crippen LogP contribution is -2.04. The maximum atomic E-state index is 10.4. The average Bonchev–Trinajstić information content (AvgIpc) is 3.41. The largest absolute Gasteiger partial charge is 0.508 e. The number of rotatable bonds is 19. The number of aromatic nitrogens is 3. The van der Waals surface area contributed by atoms with Gasteiger partial charge in [-0.3, -0.25) is 9.48 Å². The van der Waals surface area contributed by atoms with E-state index in [1.807, 2.05) is 28.9 Å². The summed E-state index contributed by atoms with van der Waals surface area (Å²) in [6.07, 6.45) is 13.8. The molecule has 1 aromatic heterocycles. The molecule has 0 bridgehead atoms. The zero-order valence-corrected chi connectivity index (χ0v) is 24.8. The fourth-order valence-electron chi connectivity index (χ4n) is 4.39. The first-order chi connectivity index (χ1) is 19.8. The van der Waals surface area contributed by atoms with Gasteiger partial charge < -0.3 is 14.6 Å². The summed E-state index contributed by atoms with van der Waals surface area (Å²) < 4.78 is 12.6. The molecule has 0 aliphatic rings. The summed E-state index contributed by atoms with van der Waals surface area (Å²) in [7, 11) is 0. The van der Waals surface area contributed by atoms with Gasteiger partial charge in [0.25, 0.3) is 6.47 Å². The molecule has 9 heteroatoms. The first kappa shape index (κ1) is 31.8. The number of ether oxygens (including phenoxy) is 2. The molecule has 0 unspecified atom stereocenters. The minimum absolute atomic E-state index is 0.0200. The Morgan fingerprint density at radius 1 is 0.902 bits per heavy atom. The van der Waals surface area contributed by atoms with Gasteiger partial charge in [-0.05, 0) is 80.0 Å². The number of unbranched alkanes of at least 4 members (excludes halogenated alkanes) is 6. The Bertz CT molecular complexity index is 1200. The van der Waals surface area contributed by atoms with Crippen LogP contribution in [0.4, 0.5) is 11.4 Å². The normalized spacial score (nSPS) is 11.7. The summed E-state index contributed by atoms with van der Waals surface area (Å²) in [6, 6.07) is 12.2. The number of hydrogen-bond acceptors (Lipinski definition) is 8. The predicted octanol–water partition coefficient (Wildman–Crippen LogP) is 8.25. The van der Waals surface area contributed by atoms with E-state index in [1.165, 1.54) is 44.6 Å². The topological polar surface area (TPSA) is 111 Å². The van der Waals surface area contributed by atoms with Crippen molar-refractivity contribution in [2.45, 2.75) is 98.1 Å². The molecule has 0 spiro atoms. The average molecular weight is 564 g/mol. The van der Waals surface area contributed by atoms with Crippen molar-refractivity contribution in [3.63, 3.8) is 0 Å². The Labute approximate surface area is 244 Å². The van der Waals surface area contributed by atoms with Gasteiger partial charge in [-0.2, -0.15) is 10.2 Å². The van der Waals surface area contributed by atoms with Gasteiger partial charge in [0.1, 0.15) is 18.1 Å². The summed E-state index contributed by atoms with van der Waals surface area (Å²) in [6.45, 7) is 8.84. The molecule has 222 valence electrons. The van der Waals surface area contributed by atoms with Gasteiger partial charge in [0.05, 0.1) is 23.7 Å². The van der Waals surface area contributed by atoms with Gasteiger partial charge in [-0.15, -0.1) is 5.10 Å². The molecule has 1 N–H and O–H groups in total. The monoisotopic (exact) mass is 563 g/mol. The molecule has 0 radical (unpaired) electrons. The highest BCUT2D eigenvalue weighted by molar-refractivity contribution is 5.48. The van der Waals surface area contributed by atoms with Crippen LogP contribution in [0.2, 0.25) is 0 Å². The highest BCUT2D eigenvalue weighted by Gasteiger charge is 2.09. The molecular weight excluding hydrogens is 518 g/mol. The number of nitrogens with zero attached hydrogens (tertiary/aromatic N) is 5. The number of aryl methyl sites for hydroxylation is 2. The zero-order valence-electron chi connectivity index (χ0n) is 24.8. The molecule has 0 fully saturated rings. The molecule has 9 nitrogen and oxygen atoms in total. The highest BCUT2D eigenvalue weighted by atomic mass is 16.5. The minimum Gasteiger partial charge on any atom is -0.508 e. The molecule has 2 aromatic carbocycles. The molecule has 1 heterocycles. The van der Waals surface area contributed by atoms with E-state index in [0.29, 0.717) is 35.4 Å². The van der Waals surface area contributed by atoms with Crippen molar-refractivity contribution in [3.05, 3.63) is 59.9 Å². The lowest BCUT2D eigenvalue weighted by atomic mass is 9.89. The lowest BCUT2D eigenvalue weighted by Gasteiger charge is -2.17. The summed E-state index contributed by atoms with van der Waals surface area (Å²) in [5, 5.41) is 26.9. The molecule has 0 aliphatic heterocycles. The van der Waals surface area contributed by atoms with Crippen molar-refractivity contribution in [1.82, 2.24) is 15.0 Å². The standard InChI is InChI=1S/C32H45N5O4/c1-32(2,3)19-9-8-12-29-23-37(36-35-29)20-10-6-4-5-7-11-21-41-30-16-13-27(14-17-30)33-34-28-15-18-31(39)26(22-28)24-40-25-38/h13-18,22-23,25,39H,4-12,19-21,24H2,1-3H3. The predicted molar refractivity (Wildman–Crippen MR) is 160 cm³/mol.